The molecule has 0 aromatic heterocycles. The standard InChI is InChI=1S/C19H18N2O3/c22-18-10-15(14-6-2-3-7-16(14)21-18)19(23)20-11-13-9-12-5-1-4-8-17(12)24-13/h1-8,13,15H,9-11H2,(H,20,23)(H,21,22)/t13-,15-/m0/s1. The molecule has 2 aliphatic rings. The number of fused-ring (bicyclic) bond motifs is 2. The number of carbonyl (C=O) groups excluding carboxylic acids is 2. The van der Waals surface area contributed by atoms with Crippen LogP contribution in [0.2, 0.25) is 0 Å². The Balaban J connectivity index is 1.42. The molecule has 2 heterocycles. The summed E-state index contributed by atoms with van der Waals surface area (Å²) < 4.78 is 5.84. The molecule has 24 heavy (non-hydrogen) atoms. The van der Waals surface area contributed by atoms with Crippen LogP contribution in [-0.4, -0.2) is 24.5 Å². The Morgan fingerprint density at radius 2 is 1.92 bits per heavy atom. The molecule has 0 aliphatic carbocycles. The SMILES string of the molecule is O=C1C[C@H](C(=O)NC[C@@H]2Cc3ccccc3O2)c2ccccc2N1. The summed E-state index contributed by atoms with van der Waals surface area (Å²) in [6.45, 7) is 0.438. The first-order valence-corrected chi connectivity index (χ1v) is 8.12. The van der Waals surface area contributed by atoms with Gasteiger partial charge in [0, 0.05) is 18.5 Å². The normalized spacial score (nSPS) is 21.2. The molecule has 2 aromatic rings. The second kappa shape index (κ2) is 6.00. The van der Waals surface area contributed by atoms with Gasteiger partial charge in [-0.25, -0.2) is 0 Å². The number of para-hydroxylation sites is 2. The summed E-state index contributed by atoms with van der Waals surface area (Å²) >= 11 is 0. The van der Waals surface area contributed by atoms with Crippen molar-refractivity contribution in [2.75, 3.05) is 11.9 Å². The molecule has 0 spiro atoms. The Kier molecular flexibility index (Phi) is 3.69. The second-order valence-corrected chi connectivity index (χ2v) is 6.19. The predicted molar refractivity (Wildman–Crippen MR) is 90.0 cm³/mol. The Hall–Kier alpha value is -2.82. The number of carbonyl (C=O) groups is 2. The minimum absolute atomic E-state index is 0.0565. The molecule has 2 amide bonds. The van der Waals surface area contributed by atoms with Crippen LogP contribution in [0.1, 0.15) is 23.5 Å². The van der Waals surface area contributed by atoms with Crippen molar-refractivity contribution < 1.29 is 14.3 Å². The van der Waals surface area contributed by atoms with E-state index in [1.807, 2.05) is 48.5 Å². The number of anilines is 1. The van der Waals surface area contributed by atoms with E-state index in [1.54, 1.807) is 0 Å². The van der Waals surface area contributed by atoms with E-state index in [-0.39, 0.29) is 24.3 Å². The number of nitrogens with one attached hydrogen (secondary N) is 2. The summed E-state index contributed by atoms with van der Waals surface area (Å²) in [6.07, 6.45) is 0.909. The maximum absolute atomic E-state index is 12.6. The van der Waals surface area contributed by atoms with Crippen LogP contribution in [0, 0.1) is 0 Å². The molecule has 2 atom stereocenters. The minimum atomic E-state index is -0.446. The number of hydrogen-bond acceptors (Lipinski definition) is 3. The van der Waals surface area contributed by atoms with Gasteiger partial charge in [-0.2, -0.15) is 0 Å². The van der Waals surface area contributed by atoms with Crippen molar-refractivity contribution in [2.24, 2.45) is 0 Å². The van der Waals surface area contributed by atoms with Crippen LogP contribution in [-0.2, 0) is 16.0 Å². The van der Waals surface area contributed by atoms with Crippen LogP contribution in [0.15, 0.2) is 48.5 Å². The Morgan fingerprint density at radius 1 is 1.12 bits per heavy atom. The number of hydrogen-bond donors (Lipinski definition) is 2. The first kappa shape index (κ1) is 14.8. The number of amides is 2. The molecule has 0 saturated heterocycles. The molecular weight excluding hydrogens is 304 g/mol. The summed E-state index contributed by atoms with van der Waals surface area (Å²) in [7, 11) is 0. The van der Waals surface area contributed by atoms with Gasteiger partial charge < -0.3 is 15.4 Å². The lowest BCUT2D eigenvalue weighted by atomic mass is 9.90. The highest BCUT2D eigenvalue weighted by molar-refractivity contribution is 6.01. The van der Waals surface area contributed by atoms with Gasteiger partial charge in [0.25, 0.3) is 0 Å². The predicted octanol–water partition coefficient (Wildman–Crippen LogP) is 2.23. The molecule has 5 nitrogen and oxygen atoms in total. The van der Waals surface area contributed by atoms with E-state index >= 15 is 0 Å². The van der Waals surface area contributed by atoms with Crippen LogP contribution < -0.4 is 15.4 Å². The summed E-state index contributed by atoms with van der Waals surface area (Å²) in [5.74, 6) is 0.188. The third-order valence-corrected chi connectivity index (χ3v) is 4.53. The van der Waals surface area contributed by atoms with Crippen molar-refractivity contribution in [3.63, 3.8) is 0 Å². The van der Waals surface area contributed by atoms with E-state index in [0.717, 1.165) is 23.4 Å². The van der Waals surface area contributed by atoms with E-state index in [4.69, 9.17) is 4.74 Å². The first-order valence-electron chi connectivity index (χ1n) is 8.12. The van der Waals surface area contributed by atoms with E-state index in [0.29, 0.717) is 6.54 Å². The lowest BCUT2D eigenvalue weighted by Gasteiger charge is -2.25. The van der Waals surface area contributed by atoms with Crippen molar-refractivity contribution in [3.05, 3.63) is 59.7 Å². The fourth-order valence-electron chi connectivity index (χ4n) is 3.35. The van der Waals surface area contributed by atoms with Crippen LogP contribution in [0.3, 0.4) is 0 Å². The van der Waals surface area contributed by atoms with Gasteiger partial charge >= 0.3 is 0 Å². The van der Waals surface area contributed by atoms with Gasteiger partial charge in [0.1, 0.15) is 11.9 Å². The highest BCUT2D eigenvalue weighted by Crippen LogP contribution is 2.32. The third kappa shape index (κ3) is 2.73. The molecule has 0 fully saturated rings. The summed E-state index contributed by atoms with van der Waals surface area (Å²) in [5, 5.41) is 5.76. The van der Waals surface area contributed by atoms with Crippen molar-refractivity contribution in [2.45, 2.75) is 24.9 Å². The largest absolute Gasteiger partial charge is 0.488 e. The fourth-order valence-corrected chi connectivity index (χ4v) is 3.35. The molecule has 2 aliphatic heterocycles. The molecule has 2 aromatic carbocycles. The molecule has 0 radical (unpaired) electrons. The zero-order valence-corrected chi connectivity index (χ0v) is 13.1. The average molecular weight is 322 g/mol. The maximum atomic E-state index is 12.6. The molecule has 0 bridgehead atoms. The lowest BCUT2D eigenvalue weighted by Crippen LogP contribution is -2.39. The molecule has 0 unspecified atom stereocenters. The smallest absolute Gasteiger partial charge is 0.228 e. The van der Waals surface area contributed by atoms with Gasteiger partial charge in [0.2, 0.25) is 11.8 Å². The van der Waals surface area contributed by atoms with Crippen molar-refractivity contribution in [1.82, 2.24) is 5.32 Å². The minimum Gasteiger partial charge on any atom is -0.488 e. The van der Waals surface area contributed by atoms with Crippen molar-refractivity contribution in [3.8, 4) is 5.75 Å². The highest BCUT2D eigenvalue weighted by atomic mass is 16.5. The molecule has 4 rings (SSSR count). The second-order valence-electron chi connectivity index (χ2n) is 6.19. The zero-order valence-electron chi connectivity index (χ0n) is 13.1. The Morgan fingerprint density at radius 3 is 2.79 bits per heavy atom. The fraction of sp³-hybridized carbons (Fsp3) is 0.263. The first-order chi connectivity index (χ1) is 11.7. The van der Waals surface area contributed by atoms with Gasteiger partial charge in [0.05, 0.1) is 12.5 Å². The monoisotopic (exact) mass is 322 g/mol. The topological polar surface area (TPSA) is 67.4 Å². The molecule has 122 valence electrons. The number of rotatable bonds is 3. The van der Waals surface area contributed by atoms with E-state index in [2.05, 4.69) is 10.6 Å². The number of ether oxygens (including phenoxy) is 1. The maximum Gasteiger partial charge on any atom is 0.228 e. The van der Waals surface area contributed by atoms with E-state index in [9.17, 15) is 9.59 Å². The van der Waals surface area contributed by atoms with Gasteiger partial charge in [-0.1, -0.05) is 36.4 Å². The van der Waals surface area contributed by atoms with Gasteiger partial charge in [0.15, 0.2) is 0 Å². The van der Waals surface area contributed by atoms with Crippen LogP contribution in [0.5, 0.6) is 5.75 Å². The van der Waals surface area contributed by atoms with Crippen molar-refractivity contribution in [1.29, 1.82) is 0 Å². The Labute approximate surface area is 140 Å². The van der Waals surface area contributed by atoms with E-state index in [1.165, 1.54) is 5.56 Å². The van der Waals surface area contributed by atoms with Crippen molar-refractivity contribution >= 4 is 17.5 Å². The van der Waals surface area contributed by atoms with Gasteiger partial charge in [-0.15, -0.1) is 0 Å². The number of benzene rings is 2. The van der Waals surface area contributed by atoms with Crippen LogP contribution >= 0.6 is 0 Å². The summed E-state index contributed by atoms with van der Waals surface area (Å²) in [6, 6.07) is 15.4. The summed E-state index contributed by atoms with van der Waals surface area (Å²) in [4.78, 5) is 24.4. The highest BCUT2D eigenvalue weighted by Gasteiger charge is 2.31. The third-order valence-electron chi connectivity index (χ3n) is 4.53. The molecule has 5 heteroatoms. The zero-order chi connectivity index (χ0) is 16.5. The molecule has 0 saturated carbocycles. The quantitative estimate of drug-likeness (QED) is 0.910. The van der Waals surface area contributed by atoms with Gasteiger partial charge in [-0.3, -0.25) is 9.59 Å². The van der Waals surface area contributed by atoms with Gasteiger partial charge in [-0.05, 0) is 23.3 Å². The lowest BCUT2D eigenvalue weighted by molar-refractivity contribution is -0.126. The van der Waals surface area contributed by atoms with E-state index < -0.39 is 5.92 Å². The molecular formula is C19H18N2O3. The van der Waals surface area contributed by atoms with Crippen LogP contribution in [0.4, 0.5) is 5.69 Å². The summed E-state index contributed by atoms with van der Waals surface area (Å²) in [5.41, 5.74) is 2.75. The molecule has 2 N–H and O–H groups in total. The Bertz CT molecular complexity index is 778. The average Bonchev–Trinajstić information content (AvgIpc) is 3.02. The van der Waals surface area contributed by atoms with Crippen LogP contribution in [0.25, 0.3) is 0 Å².